The molecule has 0 radical (unpaired) electrons. The molecule has 0 aliphatic rings. The molecule has 1 aromatic carbocycles. The highest BCUT2D eigenvalue weighted by Gasteiger charge is 2.11. The minimum atomic E-state index is -0.537. The summed E-state index contributed by atoms with van der Waals surface area (Å²) in [6, 6.07) is 6.82. The minimum absolute atomic E-state index is 0.00528. The van der Waals surface area contributed by atoms with Crippen LogP contribution in [0.4, 0.5) is 0 Å². The molecule has 0 aliphatic carbocycles. The van der Waals surface area contributed by atoms with Gasteiger partial charge in [-0.25, -0.2) is 0 Å². The molecule has 5 N–H and O–H groups in total. The van der Waals surface area contributed by atoms with Gasteiger partial charge in [0.1, 0.15) is 5.75 Å². The van der Waals surface area contributed by atoms with Crippen LogP contribution in [0.25, 0.3) is 0 Å². The fraction of sp³-hybridized carbons (Fsp3) is 0.364. The third-order valence-corrected chi connectivity index (χ3v) is 2.13. The Bertz CT molecular complexity index is 355. The Morgan fingerprint density at radius 2 is 2.12 bits per heavy atom. The van der Waals surface area contributed by atoms with Crippen LogP contribution in [0, 0.1) is 0 Å². The van der Waals surface area contributed by atoms with E-state index in [1.165, 1.54) is 0 Å². The first-order valence-electron chi connectivity index (χ1n) is 5.01. The van der Waals surface area contributed by atoms with E-state index in [-0.39, 0.29) is 19.3 Å². The molecule has 1 atom stereocenters. The van der Waals surface area contributed by atoms with Crippen molar-refractivity contribution in [1.82, 2.24) is 0 Å². The zero-order valence-electron chi connectivity index (χ0n) is 8.93. The first kappa shape index (κ1) is 12.5. The van der Waals surface area contributed by atoms with Gasteiger partial charge in [0.25, 0.3) is 5.91 Å². The highest BCUT2D eigenvalue weighted by atomic mass is 16.5. The Kier molecular flexibility index (Phi) is 4.75. The van der Waals surface area contributed by atoms with E-state index in [0.29, 0.717) is 12.2 Å². The summed E-state index contributed by atoms with van der Waals surface area (Å²) in [4.78, 5) is 10.6. The van der Waals surface area contributed by atoms with Crippen LogP contribution in [-0.4, -0.2) is 24.2 Å². The maximum Gasteiger partial charge on any atom is 0.255 e. The Morgan fingerprint density at radius 3 is 2.75 bits per heavy atom. The lowest BCUT2D eigenvalue weighted by Crippen LogP contribution is -2.21. The second-order valence-corrected chi connectivity index (χ2v) is 3.41. The predicted molar refractivity (Wildman–Crippen MR) is 59.8 cm³/mol. The third kappa shape index (κ3) is 3.52. The number of aliphatic hydroxyl groups is 1. The zero-order valence-corrected chi connectivity index (χ0v) is 8.93. The first-order valence-corrected chi connectivity index (χ1v) is 5.01. The summed E-state index contributed by atoms with van der Waals surface area (Å²) in [7, 11) is 0. The molecule has 0 saturated carbocycles. The average Bonchev–Trinajstić information content (AvgIpc) is 2.27. The van der Waals surface area contributed by atoms with Crippen molar-refractivity contribution in [2.75, 3.05) is 13.2 Å². The Morgan fingerprint density at radius 1 is 1.44 bits per heavy atom. The van der Waals surface area contributed by atoms with E-state index in [1.807, 2.05) is 6.07 Å². The van der Waals surface area contributed by atoms with E-state index in [4.69, 9.17) is 21.3 Å². The largest absolute Gasteiger partial charge is 0.483 e. The molecule has 0 unspecified atom stereocenters. The monoisotopic (exact) mass is 224 g/mol. The number of hydrogen-bond acceptors (Lipinski definition) is 4. The van der Waals surface area contributed by atoms with Crippen molar-refractivity contribution >= 4 is 5.91 Å². The Labute approximate surface area is 94.0 Å². The zero-order chi connectivity index (χ0) is 12.0. The van der Waals surface area contributed by atoms with E-state index in [9.17, 15) is 4.79 Å². The molecular weight excluding hydrogens is 208 g/mol. The lowest BCUT2D eigenvalue weighted by molar-refractivity contribution is -0.119. The van der Waals surface area contributed by atoms with Gasteiger partial charge >= 0.3 is 0 Å². The molecule has 88 valence electrons. The van der Waals surface area contributed by atoms with Crippen LogP contribution in [0.1, 0.15) is 18.0 Å². The Hall–Kier alpha value is -1.59. The fourth-order valence-electron chi connectivity index (χ4n) is 1.36. The van der Waals surface area contributed by atoms with Gasteiger partial charge in [0.15, 0.2) is 6.61 Å². The van der Waals surface area contributed by atoms with Crippen LogP contribution in [-0.2, 0) is 4.79 Å². The quantitative estimate of drug-likeness (QED) is 0.630. The third-order valence-electron chi connectivity index (χ3n) is 2.13. The van der Waals surface area contributed by atoms with Crippen LogP contribution in [0.3, 0.4) is 0 Å². The van der Waals surface area contributed by atoms with Gasteiger partial charge in [0.05, 0.1) is 0 Å². The van der Waals surface area contributed by atoms with E-state index >= 15 is 0 Å². The molecule has 0 aliphatic heterocycles. The van der Waals surface area contributed by atoms with E-state index < -0.39 is 5.91 Å². The minimum Gasteiger partial charge on any atom is -0.483 e. The van der Waals surface area contributed by atoms with Crippen molar-refractivity contribution in [3.05, 3.63) is 29.8 Å². The number of benzene rings is 1. The number of carbonyl (C=O) groups excluding carboxylic acids is 1. The van der Waals surface area contributed by atoms with E-state index in [2.05, 4.69) is 0 Å². The van der Waals surface area contributed by atoms with Crippen molar-refractivity contribution < 1.29 is 14.6 Å². The second-order valence-electron chi connectivity index (χ2n) is 3.41. The van der Waals surface area contributed by atoms with Crippen LogP contribution in [0.2, 0.25) is 0 Å². The summed E-state index contributed by atoms with van der Waals surface area (Å²) in [5, 5.41) is 8.81. The van der Waals surface area contributed by atoms with Crippen molar-refractivity contribution in [3.63, 3.8) is 0 Å². The number of aliphatic hydroxyl groups excluding tert-OH is 1. The summed E-state index contributed by atoms with van der Waals surface area (Å²) in [6.45, 7) is -0.172. The van der Waals surface area contributed by atoms with Gasteiger partial charge in [-0.15, -0.1) is 0 Å². The van der Waals surface area contributed by atoms with Crippen molar-refractivity contribution in [2.24, 2.45) is 11.5 Å². The molecule has 16 heavy (non-hydrogen) atoms. The van der Waals surface area contributed by atoms with Gasteiger partial charge in [0, 0.05) is 18.2 Å². The van der Waals surface area contributed by atoms with Crippen molar-refractivity contribution in [1.29, 1.82) is 0 Å². The first-order chi connectivity index (χ1) is 7.65. The van der Waals surface area contributed by atoms with Gasteiger partial charge in [-0.3, -0.25) is 4.79 Å². The molecule has 1 aromatic rings. The standard InChI is InChI=1S/C11H16N2O3/c12-9(5-6-14)8-3-1-2-4-10(8)16-7-11(13)15/h1-4,9,14H,5-7,12H2,(H2,13,15)/t9-/m1/s1. The van der Waals surface area contributed by atoms with Gasteiger partial charge in [-0.05, 0) is 12.5 Å². The molecule has 0 saturated heterocycles. The molecule has 0 bridgehead atoms. The number of rotatable bonds is 6. The molecule has 0 aromatic heterocycles. The maximum atomic E-state index is 10.6. The average molecular weight is 224 g/mol. The van der Waals surface area contributed by atoms with Gasteiger partial charge in [-0.2, -0.15) is 0 Å². The van der Waals surface area contributed by atoms with Crippen molar-refractivity contribution in [2.45, 2.75) is 12.5 Å². The number of carbonyl (C=O) groups is 1. The highest BCUT2D eigenvalue weighted by molar-refractivity contribution is 5.75. The smallest absolute Gasteiger partial charge is 0.255 e. The number of primary amides is 1. The van der Waals surface area contributed by atoms with E-state index in [1.54, 1.807) is 18.2 Å². The number of hydrogen-bond donors (Lipinski definition) is 3. The lowest BCUT2D eigenvalue weighted by Gasteiger charge is -2.15. The number of nitrogens with two attached hydrogens (primary N) is 2. The summed E-state index contributed by atoms with van der Waals surface area (Å²) in [5.41, 5.74) is 11.6. The van der Waals surface area contributed by atoms with E-state index in [0.717, 1.165) is 5.56 Å². The van der Waals surface area contributed by atoms with Crippen LogP contribution >= 0.6 is 0 Å². The molecule has 0 heterocycles. The van der Waals surface area contributed by atoms with Crippen LogP contribution in [0.15, 0.2) is 24.3 Å². The van der Waals surface area contributed by atoms with Crippen LogP contribution in [0.5, 0.6) is 5.75 Å². The second kappa shape index (κ2) is 6.09. The molecule has 0 fully saturated rings. The predicted octanol–water partition coefficient (Wildman–Crippen LogP) is -0.0671. The van der Waals surface area contributed by atoms with Gasteiger partial charge < -0.3 is 21.3 Å². The molecule has 5 nitrogen and oxygen atoms in total. The molecule has 1 rings (SSSR count). The summed E-state index contributed by atoms with van der Waals surface area (Å²) < 4.78 is 5.23. The Balaban J connectivity index is 2.78. The summed E-state index contributed by atoms with van der Waals surface area (Å²) in [6.07, 6.45) is 0.441. The number of ether oxygens (including phenoxy) is 1. The highest BCUT2D eigenvalue weighted by Crippen LogP contribution is 2.25. The summed E-state index contributed by atoms with van der Waals surface area (Å²) >= 11 is 0. The topological polar surface area (TPSA) is 98.6 Å². The molecule has 5 heteroatoms. The van der Waals surface area contributed by atoms with Crippen molar-refractivity contribution in [3.8, 4) is 5.75 Å². The molecule has 0 spiro atoms. The van der Waals surface area contributed by atoms with Gasteiger partial charge in [0.2, 0.25) is 0 Å². The number of para-hydroxylation sites is 1. The SMILES string of the molecule is NC(=O)COc1ccccc1[C@H](N)CCO. The number of amides is 1. The normalized spacial score (nSPS) is 12.1. The summed E-state index contributed by atoms with van der Waals surface area (Å²) in [5.74, 6) is -0.00668. The lowest BCUT2D eigenvalue weighted by atomic mass is 10.0. The maximum absolute atomic E-state index is 10.6. The molecular formula is C11H16N2O3. The van der Waals surface area contributed by atoms with Crippen LogP contribution < -0.4 is 16.2 Å². The molecule has 1 amide bonds. The van der Waals surface area contributed by atoms with Gasteiger partial charge in [-0.1, -0.05) is 18.2 Å². The fourth-order valence-corrected chi connectivity index (χ4v) is 1.36.